The Morgan fingerprint density at radius 3 is 2.75 bits per heavy atom. The summed E-state index contributed by atoms with van der Waals surface area (Å²) in [5.41, 5.74) is -0.998. The molecule has 0 radical (unpaired) electrons. The van der Waals surface area contributed by atoms with E-state index in [4.69, 9.17) is 4.74 Å². The van der Waals surface area contributed by atoms with Crippen molar-refractivity contribution in [3.63, 3.8) is 0 Å². The van der Waals surface area contributed by atoms with Crippen LogP contribution in [0.2, 0.25) is 0 Å². The van der Waals surface area contributed by atoms with Gasteiger partial charge in [0.05, 0.1) is 6.61 Å². The average molecular weight is 168 g/mol. The van der Waals surface area contributed by atoms with Gasteiger partial charge in [-0.1, -0.05) is 13.5 Å². The first-order valence-corrected chi connectivity index (χ1v) is 3.87. The summed E-state index contributed by atoms with van der Waals surface area (Å²) in [5, 5.41) is 0. The Morgan fingerprint density at radius 2 is 2.42 bits per heavy atom. The number of allylic oxidation sites excluding steroid dienone is 1. The summed E-state index contributed by atoms with van der Waals surface area (Å²) < 4.78 is 4.80. The lowest BCUT2D eigenvalue weighted by atomic mass is 9.77. The first-order valence-electron chi connectivity index (χ1n) is 3.87. The Bertz CT molecular complexity index is 244. The molecular weight excluding hydrogens is 156 g/mol. The van der Waals surface area contributed by atoms with Gasteiger partial charge < -0.3 is 4.74 Å². The van der Waals surface area contributed by atoms with Crippen LogP contribution in [0.4, 0.5) is 0 Å². The average Bonchev–Trinajstić information content (AvgIpc) is 2.32. The molecule has 2 unspecified atom stereocenters. The van der Waals surface area contributed by atoms with Crippen LogP contribution in [0.25, 0.3) is 0 Å². The fourth-order valence-corrected chi connectivity index (χ4v) is 1.27. The highest BCUT2D eigenvalue weighted by atomic mass is 16.5. The molecule has 0 spiro atoms. The van der Waals surface area contributed by atoms with Gasteiger partial charge in [0.25, 0.3) is 0 Å². The van der Waals surface area contributed by atoms with E-state index < -0.39 is 11.4 Å². The van der Waals surface area contributed by atoms with E-state index in [-0.39, 0.29) is 11.7 Å². The summed E-state index contributed by atoms with van der Waals surface area (Å²) in [7, 11) is 0. The Balaban J connectivity index is 3.01. The maximum Gasteiger partial charge on any atom is 0.320 e. The van der Waals surface area contributed by atoms with E-state index >= 15 is 0 Å². The molecule has 3 heteroatoms. The number of rotatable bonds is 2. The molecule has 0 aliphatic carbocycles. The van der Waals surface area contributed by atoms with Crippen molar-refractivity contribution in [1.29, 1.82) is 0 Å². The number of ketones is 1. The predicted molar refractivity (Wildman–Crippen MR) is 43.4 cm³/mol. The zero-order chi connectivity index (χ0) is 9.35. The SMILES string of the molecule is C=CC(=O)C1(C)C(=O)OCC1C. The van der Waals surface area contributed by atoms with Crippen molar-refractivity contribution in [1.82, 2.24) is 0 Å². The zero-order valence-corrected chi connectivity index (χ0v) is 7.29. The molecule has 0 saturated carbocycles. The third-order valence-corrected chi connectivity index (χ3v) is 2.57. The smallest absolute Gasteiger partial charge is 0.320 e. The Kier molecular flexibility index (Phi) is 2.04. The molecule has 3 nitrogen and oxygen atoms in total. The van der Waals surface area contributed by atoms with Crippen molar-refractivity contribution < 1.29 is 14.3 Å². The van der Waals surface area contributed by atoms with Crippen molar-refractivity contribution in [3.8, 4) is 0 Å². The minimum Gasteiger partial charge on any atom is -0.465 e. The van der Waals surface area contributed by atoms with E-state index in [2.05, 4.69) is 6.58 Å². The van der Waals surface area contributed by atoms with E-state index in [9.17, 15) is 9.59 Å². The van der Waals surface area contributed by atoms with Gasteiger partial charge in [-0.15, -0.1) is 0 Å². The van der Waals surface area contributed by atoms with Crippen molar-refractivity contribution in [3.05, 3.63) is 12.7 Å². The molecule has 1 aliphatic heterocycles. The molecule has 0 amide bonds. The van der Waals surface area contributed by atoms with Crippen LogP contribution in [-0.4, -0.2) is 18.4 Å². The van der Waals surface area contributed by atoms with Crippen molar-refractivity contribution in [2.75, 3.05) is 6.61 Å². The molecule has 1 heterocycles. The van der Waals surface area contributed by atoms with E-state index in [1.807, 2.05) is 6.92 Å². The standard InChI is InChI=1S/C9H12O3/c1-4-7(10)9(3)6(2)5-12-8(9)11/h4,6H,1,5H2,2-3H3. The quantitative estimate of drug-likeness (QED) is 0.350. The summed E-state index contributed by atoms with van der Waals surface area (Å²) in [6, 6.07) is 0. The van der Waals surface area contributed by atoms with Gasteiger partial charge in [-0.2, -0.15) is 0 Å². The molecule has 0 aromatic heterocycles. The second kappa shape index (κ2) is 2.73. The van der Waals surface area contributed by atoms with Gasteiger partial charge in [-0.05, 0) is 13.0 Å². The summed E-state index contributed by atoms with van der Waals surface area (Å²) in [6.45, 7) is 7.12. The molecule has 0 aromatic rings. The fraction of sp³-hybridized carbons (Fsp3) is 0.556. The molecular formula is C9H12O3. The van der Waals surface area contributed by atoms with Crippen molar-refractivity contribution in [2.24, 2.45) is 11.3 Å². The molecule has 1 rings (SSSR count). The van der Waals surface area contributed by atoms with Crippen LogP contribution in [0, 0.1) is 11.3 Å². The number of esters is 1. The number of cyclic esters (lactones) is 1. The second-order valence-corrected chi connectivity index (χ2v) is 3.27. The first kappa shape index (κ1) is 8.97. The highest BCUT2D eigenvalue weighted by Gasteiger charge is 2.50. The van der Waals surface area contributed by atoms with Crippen LogP contribution < -0.4 is 0 Å². The fourth-order valence-electron chi connectivity index (χ4n) is 1.27. The second-order valence-electron chi connectivity index (χ2n) is 3.27. The molecule has 0 N–H and O–H groups in total. The van der Waals surface area contributed by atoms with Gasteiger partial charge in [0.2, 0.25) is 0 Å². The van der Waals surface area contributed by atoms with Gasteiger partial charge >= 0.3 is 5.97 Å². The van der Waals surface area contributed by atoms with Crippen LogP contribution in [0.15, 0.2) is 12.7 Å². The number of carbonyl (C=O) groups is 2. The molecule has 1 aliphatic rings. The van der Waals surface area contributed by atoms with Crippen LogP contribution in [0.3, 0.4) is 0 Å². The number of hydrogen-bond donors (Lipinski definition) is 0. The lowest BCUT2D eigenvalue weighted by Gasteiger charge is -2.19. The van der Waals surface area contributed by atoms with Gasteiger partial charge in [0, 0.05) is 5.92 Å². The minimum atomic E-state index is -0.998. The lowest BCUT2D eigenvalue weighted by molar-refractivity contribution is -0.149. The van der Waals surface area contributed by atoms with E-state index in [1.165, 1.54) is 6.08 Å². The molecule has 0 bridgehead atoms. The Hall–Kier alpha value is -1.12. The topological polar surface area (TPSA) is 43.4 Å². The van der Waals surface area contributed by atoms with Crippen LogP contribution in [0.5, 0.6) is 0 Å². The monoisotopic (exact) mass is 168 g/mol. The highest BCUT2D eigenvalue weighted by molar-refractivity contribution is 6.09. The van der Waals surface area contributed by atoms with Crippen LogP contribution in [0.1, 0.15) is 13.8 Å². The highest BCUT2D eigenvalue weighted by Crippen LogP contribution is 2.36. The van der Waals surface area contributed by atoms with Gasteiger partial charge in [-0.25, -0.2) is 0 Å². The van der Waals surface area contributed by atoms with Gasteiger partial charge in [0.15, 0.2) is 5.78 Å². The summed E-state index contributed by atoms with van der Waals surface area (Å²) in [6.07, 6.45) is 1.18. The summed E-state index contributed by atoms with van der Waals surface area (Å²) in [4.78, 5) is 22.6. The molecule has 0 aromatic carbocycles. The van der Waals surface area contributed by atoms with Crippen molar-refractivity contribution >= 4 is 11.8 Å². The maximum atomic E-state index is 11.3. The molecule has 66 valence electrons. The van der Waals surface area contributed by atoms with Crippen LogP contribution >= 0.6 is 0 Å². The van der Waals surface area contributed by atoms with E-state index in [1.54, 1.807) is 6.92 Å². The lowest BCUT2D eigenvalue weighted by Crippen LogP contribution is -2.36. The first-order chi connectivity index (χ1) is 5.53. The molecule has 1 saturated heterocycles. The number of hydrogen-bond acceptors (Lipinski definition) is 3. The molecule has 12 heavy (non-hydrogen) atoms. The number of ether oxygens (including phenoxy) is 1. The molecule has 1 fully saturated rings. The number of carbonyl (C=O) groups excluding carboxylic acids is 2. The third kappa shape index (κ3) is 0.967. The van der Waals surface area contributed by atoms with Crippen LogP contribution in [-0.2, 0) is 14.3 Å². The summed E-state index contributed by atoms with van der Waals surface area (Å²) >= 11 is 0. The van der Waals surface area contributed by atoms with Gasteiger partial charge in [0.1, 0.15) is 5.41 Å². The van der Waals surface area contributed by atoms with E-state index in [0.29, 0.717) is 6.61 Å². The Morgan fingerprint density at radius 1 is 1.83 bits per heavy atom. The largest absolute Gasteiger partial charge is 0.465 e. The molecule has 2 atom stereocenters. The minimum absolute atomic E-state index is 0.0597. The van der Waals surface area contributed by atoms with Crippen molar-refractivity contribution in [2.45, 2.75) is 13.8 Å². The van der Waals surface area contributed by atoms with E-state index in [0.717, 1.165) is 0 Å². The normalized spacial score (nSPS) is 34.5. The Labute approximate surface area is 71.4 Å². The maximum absolute atomic E-state index is 11.3. The predicted octanol–water partition coefficient (Wildman–Crippen LogP) is 0.941. The van der Waals surface area contributed by atoms with Gasteiger partial charge in [-0.3, -0.25) is 9.59 Å². The third-order valence-electron chi connectivity index (χ3n) is 2.57. The summed E-state index contributed by atoms with van der Waals surface area (Å²) in [5.74, 6) is -0.743. The zero-order valence-electron chi connectivity index (χ0n) is 7.29.